The van der Waals surface area contributed by atoms with Crippen molar-refractivity contribution in [1.29, 1.82) is 0 Å². The molecule has 0 saturated carbocycles. The quantitative estimate of drug-likeness (QED) is 0.776. The third kappa shape index (κ3) is 2.31. The molecular formula is C9H4F3N3OS. The number of nitrogens with zero attached hydrogens (tertiary/aromatic N) is 3. The predicted molar refractivity (Wildman–Crippen MR) is 52.6 cm³/mol. The van der Waals surface area contributed by atoms with Crippen molar-refractivity contribution in [3.63, 3.8) is 0 Å². The van der Waals surface area contributed by atoms with Gasteiger partial charge < -0.3 is 0 Å². The number of carbonyl (C=O) groups is 1. The summed E-state index contributed by atoms with van der Waals surface area (Å²) in [5, 5.41) is 0. The van der Waals surface area contributed by atoms with Crippen molar-refractivity contribution in [3.8, 4) is 0 Å². The number of aromatic nitrogens is 3. The van der Waals surface area contributed by atoms with Crippen LogP contribution in [0.5, 0.6) is 0 Å². The molecule has 2 rings (SSSR count). The lowest BCUT2D eigenvalue weighted by molar-refractivity contribution is -0.137. The molecule has 0 unspecified atom stereocenters. The Balaban J connectivity index is 2.50. The van der Waals surface area contributed by atoms with E-state index in [-0.39, 0.29) is 5.69 Å². The Morgan fingerprint density at radius 2 is 2.06 bits per heavy atom. The van der Waals surface area contributed by atoms with Crippen LogP contribution in [0.15, 0.2) is 24.7 Å². The minimum atomic E-state index is -4.60. The standard InChI is InChI=1S/C9H4F3N3OS/c10-9(11,12)6-1-2-13-3-5(6)8(16)7-4-14-17-15-7/h1-4H. The van der Waals surface area contributed by atoms with Crippen molar-refractivity contribution in [1.82, 2.24) is 13.7 Å². The monoisotopic (exact) mass is 259 g/mol. The van der Waals surface area contributed by atoms with E-state index in [1.54, 1.807) is 0 Å². The number of hydrogen-bond acceptors (Lipinski definition) is 5. The molecule has 0 bridgehead atoms. The molecule has 2 heterocycles. The van der Waals surface area contributed by atoms with Gasteiger partial charge >= 0.3 is 6.18 Å². The van der Waals surface area contributed by atoms with E-state index in [4.69, 9.17) is 0 Å². The number of halogens is 3. The van der Waals surface area contributed by atoms with Crippen molar-refractivity contribution in [2.24, 2.45) is 0 Å². The molecule has 0 aliphatic carbocycles. The van der Waals surface area contributed by atoms with Crippen LogP contribution in [0, 0.1) is 0 Å². The average Bonchev–Trinajstić information content (AvgIpc) is 2.80. The fourth-order valence-electron chi connectivity index (χ4n) is 1.23. The number of rotatable bonds is 2. The summed E-state index contributed by atoms with van der Waals surface area (Å²) in [5.41, 5.74) is -1.66. The lowest BCUT2D eigenvalue weighted by atomic mass is 10.0. The normalized spacial score (nSPS) is 11.5. The molecule has 88 valence electrons. The number of ketones is 1. The van der Waals surface area contributed by atoms with Gasteiger partial charge in [0.1, 0.15) is 5.69 Å². The van der Waals surface area contributed by atoms with Crippen LogP contribution in [-0.4, -0.2) is 19.5 Å². The Bertz CT molecular complexity index is 539. The lowest BCUT2D eigenvalue weighted by Gasteiger charge is -2.09. The predicted octanol–water partition coefficient (Wildman–Crippen LogP) is 2.18. The molecule has 0 saturated heterocycles. The molecule has 0 fully saturated rings. The molecule has 2 aromatic heterocycles. The van der Waals surface area contributed by atoms with Gasteiger partial charge in [-0.1, -0.05) is 0 Å². The number of hydrogen-bond donors (Lipinski definition) is 0. The Labute approximate surface area is 97.5 Å². The van der Waals surface area contributed by atoms with Crippen molar-refractivity contribution in [2.75, 3.05) is 0 Å². The van der Waals surface area contributed by atoms with E-state index in [0.29, 0.717) is 0 Å². The first-order valence-electron chi connectivity index (χ1n) is 4.33. The van der Waals surface area contributed by atoms with E-state index < -0.39 is 23.1 Å². The van der Waals surface area contributed by atoms with E-state index >= 15 is 0 Å². The molecule has 0 atom stereocenters. The highest BCUT2D eigenvalue weighted by Gasteiger charge is 2.35. The van der Waals surface area contributed by atoms with Gasteiger partial charge in [-0.3, -0.25) is 9.78 Å². The van der Waals surface area contributed by atoms with Gasteiger partial charge in [0.05, 0.1) is 29.1 Å². The molecule has 0 aliphatic rings. The second-order valence-corrected chi connectivity index (χ2v) is 3.60. The third-order valence-corrected chi connectivity index (χ3v) is 2.44. The SMILES string of the molecule is O=C(c1cnsn1)c1cnccc1C(F)(F)F. The van der Waals surface area contributed by atoms with Crippen LogP contribution in [-0.2, 0) is 6.18 Å². The Morgan fingerprint density at radius 3 is 2.65 bits per heavy atom. The number of alkyl halides is 3. The fourth-order valence-corrected chi connectivity index (χ4v) is 1.64. The molecule has 17 heavy (non-hydrogen) atoms. The van der Waals surface area contributed by atoms with E-state index in [2.05, 4.69) is 13.7 Å². The van der Waals surface area contributed by atoms with Crippen LogP contribution >= 0.6 is 11.7 Å². The molecular weight excluding hydrogens is 255 g/mol. The van der Waals surface area contributed by atoms with Gasteiger partial charge in [-0.25, -0.2) is 0 Å². The van der Waals surface area contributed by atoms with Crippen molar-refractivity contribution in [3.05, 3.63) is 41.5 Å². The third-order valence-electron chi connectivity index (χ3n) is 1.97. The van der Waals surface area contributed by atoms with Gasteiger partial charge in [-0.05, 0) is 6.07 Å². The topological polar surface area (TPSA) is 55.7 Å². The van der Waals surface area contributed by atoms with Crippen LogP contribution in [0.25, 0.3) is 0 Å². The highest BCUT2D eigenvalue weighted by molar-refractivity contribution is 6.99. The molecule has 4 nitrogen and oxygen atoms in total. The highest BCUT2D eigenvalue weighted by Crippen LogP contribution is 2.32. The summed E-state index contributed by atoms with van der Waals surface area (Å²) in [6.45, 7) is 0. The molecule has 0 spiro atoms. The summed E-state index contributed by atoms with van der Waals surface area (Å²) in [5.74, 6) is -0.834. The maximum Gasteiger partial charge on any atom is 0.417 e. The van der Waals surface area contributed by atoms with Crippen LogP contribution < -0.4 is 0 Å². The highest BCUT2D eigenvalue weighted by atomic mass is 32.1. The van der Waals surface area contributed by atoms with E-state index in [1.165, 1.54) is 0 Å². The summed E-state index contributed by atoms with van der Waals surface area (Å²) < 4.78 is 45.1. The van der Waals surface area contributed by atoms with E-state index in [9.17, 15) is 18.0 Å². The molecule has 8 heteroatoms. The van der Waals surface area contributed by atoms with Crippen LogP contribution in [0.3, 0.4) is 0 Å². The fraction of sp³-hybridized carbons (Fsp3) is 0.111. The zero-order chi connectivity index (χ0) is 12.5. The second kappa shape index (κ2) is 4.21. The molecule has 2 aromatic rings. The molecule has 0 aromatic carbocycles. The van der Waals surface area contributed by atoms with Crippen LogP contribution in [0.1, 0.15) is 21.6 Å². The smallest absolute Gasteiger partial charge is 0.287 e. The first-order chi connectivity index (χ1) is 8.00. The van der Waals surface area contributed by atoms with E-state index in [1.807, 2.05) is 0 Å². The molecule has 0 amide bonds. The Morgan fingerprint density at radius 1 is 1.29 bits per heavy atom. The number of carbonyl (C=O) groups excluding carboxylic acids is 1. The summed E-state index contributed by atoms with van der Waals surface area (Å²) in [6, 6.07) is 0.757. The maximum absolute atomic E-state index is 12.6. The zero-order valence-electron chi connectivity index (χ0n) is 8.10. The van der Waals surface area contributed by atoms with Gasteiger partial charge in [0.15, 0.2) is 0 Å². The van der Waals surface area contributed by atoms with Crippen molar-refractivity contribution in [2.45, 2.75) is 6.18 Å². The molecule has 0 radical (unpaired) electrons. The summed E-state index contributed by atoms with van der Waals surface area (Å²) in [7, 11) is 0. The van der Waals surface area contributed by atoms with Gasteiger partial charge in [0, 0.05) is 12.4 Å². The lowest BCUT2D eigenvalue weighted by Crippen LogP contribution is -2.14. The number of pyridine rings is 1. The minimum Gasteiger partial charge on any atom is -0.287 e. The molecule has 0 N–H and O–H groups in total. The Kier molecular flexibility index (Phi) is 2.88. The zero-order valence-corrected chi connectivity index (χ0v) is 8.92. The van der Waals surface area contributed by atoms with Crippen molar-refractivity contribution < 1.29 is 18.0 Å². The van der Waals surface area contributed by atoms with Gasteiger partial charge in [-0.15, -0.1) is 0 Å². The van der Waals surface area contributed by atoms with Gasteiger partial charge in [-0.2, -0.15) is 21.9 Å². The van der Waals surface area contributed by atoms with Crippen LogP contribution in [0.2, 0.25) is 0 Å². The minimum absolute atomic E-state index is 0.117. The largest absolute Gasteiger partial charge is 0.417 e. The second-order valence-electron chi connectivity index (χ2n) is 3.04. The summed E-state index contributed by atoms with van der Waals surface area (Å²) in [6.07, 6.45) is -1.61. The first-order valence-corrected chi connectivity index (χ1v) is 5.06. The molecule has 0 aliphatic heterocycles. The summed E-state index contributed by atoms with van der Waals surface area (Å²) >= 11 is 0.753. The maximum atomic E-state index is 12.6. The van der Waals surface area contributed by atoms with Gasteiger partial charge in [0.2, 0.25) is 5.78 Å². The average molecular weight is 259 g/mol. The van der Waals surface area contributed by atoms with Gasteiger partial charge in [0.25, 0.3) is 0 Å². The van der Waals surface area contributed by atoms with Crippen LogP contribution in [0.4, 0.5) is 13.2 Å². The first kappa shape index (κ1) is 11.6. The Hall–Kier alpha value is -1.83. The van der Waals surface area contributed by atoms with E-state index in [0.717, 1.165) is 36.4 Å². The summed E-state index contributed by atoms with van der Waals surface area (Å²) in [4.78, 5) is 15.3. The van der Waals surface area contributed by atoms with Crippen molar-refractivity contribution >= 4 is 17.5 Å².